The fourth-order valence-corrected chi connectivity index (χ4v) is 2.74. The van der Waals surface area contributed by atoms with Gasteiger partial charge in [-0.25, -0.2) is 9.97 Å². The van der Waals surface area contributed by atoms with Gasteiger partial charge in [0.25, 0.3) is 0 Å². The third-order valence-electron chi connectivity index (χ3n) is 3.44. The summed E-state index contributed by atoms with van der Waals surface area (Å²) in [6.45, 7) is 4.77. The highest BCUT2D eigenvalue weighted by Gasteiger charge is 2.19. The quantitative estimate of drug-likeness (QED) is 0.775. The van der Waals surface area contributed by atoms with Crippen LogP contribution in [0.2, 0.25) is 0 Å². The fourth-order valence-electron chi connectivity index (χ4n) is 2.30. The lowest BCUT2D eigenvalue weighted by Crippen LogP contribution is -2.46. The van der Waals surface area contributed by atoms with Crippen molar-refractivity contribution in [2.45, 2.75) is 6.54 Å². The molecule has 5 nitrogen and oxygen atoms in total. The van der Waals surface area contributed by atoms with Crippen LogP contribution in [0.5, 0.6) is 0 Å². The summed E-state index contributed by atoms with van der Waals surface area (Å²) in [6.07, 6.45) is 5.43. The Bertz CT molecular complexity index is 579. The first-order chi connectivity index (χ1) is 10.2. The molecule has 2 aromatic rings. The van der Waals surface area contributed by atoms with E-state index in [1.54, 1.807) is 12.4 Å². The Morgan fingerprint density at radius 1 is 0.857 bits per heavy atom. The van der Waals surface area contributed by atoms with Gasteiger partial charge in [-0.2, -0.15) is 0 Å². The van der Waals surface area contributed by atoms with Crippen LogP contribution in [0, 0.1) is 0 Å². The summed E-state index contributed by atoms with van der Waals surface area (Å²) >= 11 is 6.77. The van der Waals surface area contributed by atoms with Crippen LogP contribution in [-0.4, -0.2) is 46.0 Å². The lowest BCUT2D eigenvalue weighted by Gasteiger charge is -2.34. The number of anilines is 1. The van der Waals surface area contributed by atoms with Crippen LogP contribution in [0.25, 0.3) is 0 Å². The molecule has 0 amide bonds. The highest BCUT2D eigenvalue weighted by Crippen LogP contribution is 2.15. The predicted molar refractivity (Wildman–Crippen MR) is 89.2 cm³/mol. The maximum absolute atomic E-state index is 4.43. The van der Waals surface area contributed by atoms with E-state index in [0.717, 1.165) is 53.3 Å². The van der Waals surface area contributed by atoms with Gasteiger partial charge in [0.05, 0.1) is 10.2 Å². The summed E-state index contributed by atoms with van der Waals surface area (Å²) in [4.78, 5) is 17.8. The summed E-state index contributed by atoms with van der Waals surface area (Å²) in [5.74, 6) is 0.805. The van der Waals surface area contributed by atoms with Crippen LogP contribution in [0.4, 0.5) is 5.95 Å². The van der Waals surface area contributed by atoms with E-state index in [1.807, 2.05) is 12.3 Å². The predicted octanol–water partition coefficient (Wildman–Crippen LogP) is 2.72. The number of rotatable bonds is 3. The molecule has 7 heteroatoms. The summed E-state index contributed by atoms with van der Waals surface area (Å²) in [5.41, 5.74) is 1.10. The minimum Gasteiger partial charge on any atom is -0.338 e. The largest absolute Gasteiger partial charge is 0.338 e. The molecular weight excluding hydrogens is 398 g/mol. The lowest BCUT2D eigenvalue weighted by atomic mass is 10.3. The van der Waals surface area contributed by atoms with E-state index in [2.05, 4.69) is 62.7 Å². The van der Waals surface area contributed by atoms with E-state index in [1.165, 1.54) is 0 Å². The number of aromatic nitrogens is 3. The zero-order valence-corrected chi connectivity index (χ0v) is 14.6. The summed E-state index contributed by atoms with van der Waals surface area (Å²) in [5, 5.41) is 0. The van der Waals surface area contributed by atoms with Crippen molar-refractivity contribution in [1.82, 2.24) is 19.9 Å². The van der Waals surface area contributed by atoms with E-state index in [9.17, 15) is 0 Å². The normalized spacial score (nSPS) is 16.2. The Labute approximate surface area is 140 Å². The van der Waals surface area contributed by atoms with Gasteiger partial charge in [-0.15, -0.1) is 0 Å². The molecule has 0 saturated carbocycles. The summed E-state index contributed by atoms with van der Waals surface area (Å²) in [6, 6.07) is 4.10. The second-order valence-electron chi connectivity index (χ2n) is 4.93. The van der Waals surface area contributed by atoms with Crippen molar-refractivity contribution in [3.05, 3.63) is 45.4 Å². The van der Waals surface area contributed by atoms with Crippen molar-refractivity contribution in [3.8, 4) is 0 Å². The number of piperazine rings is 1. The molecule has 3 heterocycles. The minimum atomic E-state index is 0.805. The van der Waals surface area contributed by atoms with Gasteiger partial charge in [-0.1, -0.05) is 0 Å². The molecule has 0 bridgehead atoms. The topological polar surface area (TPSA) is 45.2 Å². The Hall–Kier alpha value is -1.05. The molecule has 1 aliphatic rings. The molecule has 110 valence electrons. The molecule has 1 fully saturated rings. The lowest BCUT2D eigenvalue weighted by molar-refractivity contribution is 0.246. The molecule has 0 atom stereocenters. The zero-order chi connectivity index (χ0) is 14.7. The van der Waals surface area contributed by atoms with E-state index >= 15 is 0 Å². The van der Waals surface area contributed by atoms with Crippen LogP contribution < -0.4 is 4.90 Å². The van der Waals surface area contributed by atoms with E-state index < -0.39 is 0 Å². The van der Waals surface area contributed by atoms with E-state index in [4.69, 9.17) is 0 Å². The molecular formula is C14H15Br2N5. The molecule has 1 saturated heterocycles. The van der Waals surface area contributed by atoms with Gasteiger partial charge >= 0.3 is 0 Å². The van der Waals surface area contributed by atoms with E-state index in [-0.39, 0.29) is 0 Å². The van der Waals surface area contributed by atoms with Crippen molar-refractivity contribution < 1.29 is 0 Å². The third-order valence-corrected chi connectivity index (χ3v) is 4.31. The van der Waals surface area contributed by atoms with Crippen LogP contribution in [0.1, 0.15) is 5.69 Å². The standard InChI is InChI=1S/C14H15Br2N5/c15-11-1-2-13(17-7-11)10-20-3-5-21(6-4-20)14-18-8-12(16)9-19-14/h1-2,7-9H,3-6,10H2. The van der Waals surface area contributed by atoms with Gasteiger partial charge in [-0.05, 0) is 44.0 Å². The van der Waals surface area contributed by atoms with Crippen LogP contribution in [-0.2, 0) is 6.54 Å². The SMILES string of the molecule is Brc1ccc(CN2CCN(c3ncc(Br)cn3)CC2)nc1. The molecule has 3 rings (SSSR count). The Morgan fingerprint density at radius 3 is 2.14 bits per heavy atom. The highest BCUT2D eigenvalue weighted by atomic mass is 79.9. The first kappa shape index (κ1) is 14.9. The first-order valence-corrected chi connectivity index (χ1v) is 8.34. The maximum Gasteiger partial charge on any atom is 0.225 e. The van der Waals surface area contributed by atoms with Crippen LogP contribution >= 0.6 is 31.9 Å². The molecule has 1 aliphatic heterocycles. The second kappa shape index (κ2) is 6.81. The van der Waals surface area contributed by atoms with Gasteiger partial charge < -0.3 is 4.90 Å². The minimum absolute atomic E-state index is 0.805. The first-order valence-electron chi connectivity index (χ1n) is 6.76. The van der Waals surface area contributed by atoms with Gasteiger partial charge in [0.15, 0.2) is 0 Å². The average molecular weight is 413 g/mol. The second-order valence-corrected chi connectivity index (χ2v) is 6.76. The van der Waals surface area contributed by atoms with Crippen molar-refractivity contribution >= 4 is 37.8 Å². The highest BCUT2D eigenvalue weighted by molar-refractivity contribution is 9.10. The molecule has 21 heavy (non-hydrogen) atoms. The van der Waals surface area contributed by atoms with Crippen molar-refractivity contribution in [3.63, 3.8) is 0 Å². The fraction of sp³-hybridized carbons (Fsp3) is 0.357. The third kappa shape index (κ3) is 3.99. The van der Waals surface area contributed by atoms with Crippen molar-refractivity contribution in [2.24, 2.45) is 0 Å². The maximum atomic E-state index is 4.43. The number of pyridine rings is 1. The van der Waals surface area contributed by atoms with Crippen molar-refractivity contribution in [1.29, 1.82) is 0 Å². The number of hydrogen-bond acceptors (Lipinski definition) is 5. The van der Waals surface area contributed by atoms with E-state index in [0.29, 0.717) is 0 Å². The number of hydrogen-bond donors (Lipinski definition) is 0. The molecule has 0 spiro atoms. The Balaban J connectivity index is 1.55. The van der Waals surface area contributed by atoms with Crippen LogP contribution in [0.3, 0.4) is 0 Å². The number of nitrogens with zero attached hydrogens (tertiary/aromatic N) is 5. The Morgan fingerprint density at radius 2 is 1.52 bits per heavy atom. The summed E-state index contributed by atoms with van der Waals surface area (Å²) in [7, 11) is 0. The molecule has 0 N–H and O–H groups in total. The molecule has 0 unspecified atom stereocenters. The average Bonchev–Trinajstić information content (AvgIpc) is 2.51. The summed E-state index contributed by atoms with van der Waals surface area (Å²) < 4.78 is 1.93. The zero-order valence-electron chi connectivity index (χ0n) is 11.4. The van der Waals surface area contributed by atoms with Gasteiger partial charge in [0.1, 0.15) is 0 Å². The Kier molecular flexibility index (Phi) is 4.82. The molecule has 0 radical (unpaired) electrons. The number of halogens is 2. The molecule has 0 aliphatic carbocycles. The smallest absolute Gasteiger partial charge is 0.225 e. The van der Waals surface area contributed by atoms with Gasteiger partial charge in [0, 0.05) is 55.8 Å². The van der Waals surface area contributed by atoms with Crippen LogP contribution in [0.15, 0.2) is 39.7 Å². The van der Waals surface area contributed by atoms with Crippen molar-refractivity contribution in [2.75, 3.05) is 31.1 Å². The van der Waals surface area contributed by atoms with Gasteiger partial charge in [0.2, 0.25) is 5.95 Å². The molecule has 2 aromatic heterocycles. The van der Waals surface area contributed by atoms with Gasteiger partial charge in [-0.3, -0.25) is 9.88 Å². The monoisotopic (exact) mass is 411 g/mol. The molecule has 0 aromatic carbocycles.